The molecule has 2 N–H and O–H groups in total. The Morgan fingerprint density at radius 2 is 1.78 bits per heavy atom. The Bertz CT molecular complexity index is 517. The number of hydrogen-bond donors (Lipinski definition) is 2. The van der Waals surface area contributed by atoms with Gasteiger partial charge in [-0.3, -0.25) is 0 Å². The summed E-state index contributed by atoms with van der Waals surface area (Å²) >= 11 is 0. The molecule has 1 saturated carbocycles. The average molecular weight is 240 g/mol. The number of fused-ring (bicyclic) bond motifs is 1. The zero-order valence-corrected chi connectivity index (χ0v) is 10.7. The van der Waals surface area contributed by atoms with E-state index in [0.29, 0.717) is 0 Å². The van der Waals surface area contributed by atoms with Gasteiger partial charge >= 0.3 is 0 Å². The first kappa shape index (κ1) is 11.7. The monoisotopic (exact) mass is 240 g/mol. The van der Waals surface area contributed by atoms with Gasteiger partial charge in [-0.2, -0.15) is 0 Å². The molecule has 3 rings (SSSR count). The molecule has 18 heavy (non-hydrogen) atoms. The molecular weight excluding hydrogens is 220 g/mol. The Hall–Kier alpha value is -1.38. The van der Waals surface area contributed by atoms with Gasteiger partial charge < -0.3 is 10.6 Å². The lowest BCUT2D eigenvalue weighted by atomic mass is 10.1. The largest absolute Gasteiger partial charge is 0.313 e. The van der Waals surface area contributed by atoms with Crippen molar-refractivity contribution >= 4 is 10.8 Å². The van der Waals surface area contributed by atoms with E-state index in [-0.39, 0.29) is 0 Å². The van der Waals surface area contributed by atoms with Crippen LogP contribution in [-0.2, 0) is 6.54 Å². The van der Waals surface area contributed by atoms with E-state index in [4.69, 9.17) is 0 Å². The van der Waals surface area contributed by atoms with Crippen molar-refractivity contribution < 1.29 is 0 Å². The zero-order chi connectivity index (χ0) is 12.2. The molecule has 1 aliphatic rings. The Morgan fingerprint density at radius 3 is 2.61 bits per heavy atom. The van der Waals surface area contributed by atoms with E-state index in [1.807, 2.05) is 0 Å². The van der Waals surface area contributed by atoms with E-state index in [1.165, 1.54) is 29.2 Å². The smallest absolute Gasteiger partial charge is 0.0206 e. The molecule has 94 valence electrons. The molecule has 1 fully saturated rings. The SMILES string of the molecule is c1ccc2cc(CNCCNC3CC3)ccc2c1. The second-order valence-corrected chi connectivity index (χ2v) is 5.09. The maximum absolute atomic E-state index is 3.51. The molecule has 0 amide bonds. The minimum atomic E-state index is 0.812. The van der Waals surface area contributed by atoms with Gasteiger partial charge in [-0.05, 0) is 35.2 Å². The van der Waals surface area contributed by atoms with Crippen molar-refractivity contribution in [2.45, 2.75) is 25.4 Å². The highest BCUT2D eigenvalue weighted by atomic mass is 15.0. The number of rotatable bonds is 6. The van der Waals surface area contributed by atoms with Gasteiger partial charge in [0.2, 0.25) is 0 Å². The van der Waals surface area contributed by atoms with Gasteiger partial charge in [0, 0.05) is 25.7 Å². The predicted octanol–water partition coefficient (Wildman–Crippen LogP) is 2.68. The summed E-state index contributed by atoms with van der Waals surface area (Å²) in [6, 6.07) is 16.0. The molecular formula is C16H20N2. The topological polar surface area (TPSA) is 24.1 Å². The highest BCUT2D eigenvalue weighted by Crippen LogP contribution is 2.18. The first-order chi connectivity index (χ1) is 8.92. The van der Waals surface area contributed by atoms with Crippen molar-refractivity contribution in [3.8, 4) is 0 Å². The number of benzene rings is 2. The third-order valence-electron chi connectivity index (χ3n) is 3.46. The first-order valence-electron chi connectivity index (χ1n) is 6.83. The number of hydrogen-bond acceptors (Lipinski definition) is 2. The van der Waals surface area contributed by atoms with Crippen LogP contribution in [-0.4, -0.2) is 19.1 Å². The second kappa shape index (κ2) is 5.51. The average Bonchev–Trinajstić information content (AvgIpc) is 3.22. The number of nitrogens with one attached hydrogen (secondary N) is 2. The lowest BCUT2D eigenvalue weighted by Crippen LogP contribution is -2.28. The van der Waals surface area contributed by atoms with Crippen LogP contribution in [0.15, 0.2) is 42.5 Å². The van der Waals surface area contributed by atoms with Crippen molar-refractivity contribution in [2.24, 2.45) is 0 Å². The van der Waals surface area contributed by atoms with Gasteiger partial charge in [0.15, 0.2) is 0 Å². The predicted molar refractivity (Wildman–Crippen MR) is 76.7 cm³/mol. The van der Waals surface area contributed by atoms with Crippen LogP contribution in [0.2, 0.25) is 0 Å². The highest BCUT2D eigenvalue weighted by molar-refractivity contribution is 5.82. The van der Waals surface area contributed by atoms with Crippen LogP contribution in [0.4, 0.5) is 0 Å². The van der Waals surface area contributed by atoms with Crippen molar-refractivity contribution in [2.75, 3.05) is 13.1 Å². The van der Waals surface area contributed by atoms with Gasteiger partial charge in [-0.25, -0.2) is 0 Å². The fraction of sp³-hybridized carbons (Fsp3) is 0.375. The summed E-state index contributed by atoms with van der Waals surface area (Å²) in [4.78, 5) is 0. The van der Waals surface area contributed by atoms with E-state index < -0.39 is 0 Å². The summed E-state index contributed by atoms with van der Waals surface area (Å²) in [6.07, 6.45) is 2.73. The van der Waals surface area contributed by atoms with Crippen LogP contribution < -0.4 is 10.6 Å². The minimum absolute atomic E-state index is 0.812. The molecule has 0 spiro atoms. The third kappa shape index (κ3) is 3.09. The van der Waals surface area contributed by atoms with Crippen LogP contribution in [0.5, 0.6) is 0 Å². The van der Waals surface area contributed by atoms with E-state index in [1.54, 1.807) is 0 Å². The maximum atomic E-state index is 3.51. The molecule has 2 nitrogen and oxygen atoms in total. The first-order valence-corrected chi connectivity index (χ1v) is 6.83. The summed E-state index contributed by atoms with van der Waals surface area (Å²) in [5.41, 5.74) is 1.36. The molecule has 0 heterocycles. The lowest BCUT2D eigenvalue weighted by Gasteiger charge is -2.07. The van der Waals surface area contributed by atoms with Gasteiger partial charge in [0.25, 0.3) is 0 Å². The van der Waals surface area contributed by atoms with Crippen molar-refractivity contribution in [3.05, 3.63) is 48.0 Å². The third-order valence-corrected chi connectivity index (χ3v) is 3.46. The maximum Gasteiger partial charge on any atom is 0.0206 e. The summed E-state index contributed by atoms with van der Waals surface area (Å²) in [6.45, 7) is 3.08. The van der Waals surface area contributed by atoms with Crippen molar-refractivity contribution in [1.82, 2.24) is 10.6 Å². The normalized spacial score (nSPS) is 15.1. The zero-order valence-electron chi connectivity index (χ0n) is 10.7. The molecule has 2 heteroatoms. The molecule has 0 aromatic heterocycles. The van der Waals surface area contributed by atoms with E-state index in [0.717, 1.165) is 25.7 Å². The molecule has 0 bridgehead atoms. The van der Waals surface area contributed by atoms with E-state index >= 15 is 0 Å². The van der Waals surface area contributed by atoms with Gasteiger partial charge in [0.1, 0.15) is 0 Å². The fourth-order valence-electron chi connectivity index (χ4n) is 2.23. The van der Waals surface area contributed by atoms with Gasteiger partial charge in [0.05, 0.1) is 0 Å². The Kier molecular flexibility index (Phi) is 3.58. The molecule has 2 aromatic rings. The van der Waals surface area contributed by atoms with Gasteiger partial charge in [-0.15, -0.1) is 0 Å². The van der Waals surface area contributed by atoms with Gasteiger partial charge in [-0.1, -0.05) is 36.4 Å². The molecule has 0 unspecified atom stereocenters. The van der Waals surface area contributed by atoms with Crippen LogP contribution >= 0.6 is 0 Å². The van der Waals surface area contributed by atoms with Crippen molar-refractivity contribution in [3.63, 3.8) is 0 Å². The second-order valence-electron chi connectivity index (χ2n) is 5.09. The molecule has 1 aliphatic carbocycles. The van der Waals surface area contributed by atoms with Crippen molar-refractivity contribution in [1.29, 1.82) is 0 Å². The fourth-order valence-corrected chi connectivity index (χ4v) is 2.23. The molecule has 0 aliphatic heterocycles. The van der Waals surface area contributed by atoms with Crippen LogP contribution in [0.3, 0.4) is 0 Å². The highest BCUT2D eigenvalue weighted by Gasteiger charge is 2.19. The molecule has 0 atom stereocenters. The molecule has 0 radical (unpaired) electrons. The molecule has 0 saturated heterocycles. The summed E-state index contributed by atoms with van der Waals surface area (Å²) in [5, 5.41) is 9.64. The Balaban J connectivity index is 1.50. The summed E-state index contributed by atoms with van der Waals surface area (Å²) < 4.78 is 0. The Labute approximate surface area is 108 Å². The molecule has 2 aromatic carbocycles. The summed E-state index contributed by atoms with van der Waals surface area (Å²) in [7, 11) is 0. The quantitative estimate of drug-likeness (QED) is 0.759. The Morgan fingerprint density at radius 1 is 0.944 bits per heavy atom. The summed E-state index contributed by atoms with van der Waals surface area (Å²) in [5.74, 6) is 0. The van der Waals surface area contributed by atoms with Crippen LogP contribution in [0.25, 0.3) is 10.8 Å². The van der Waals surface area contributed by atoms with Crippen LogP contribution in [0.1, 0.15) is 18.4 Å². The van der Waals surface area contributed by atoms with E-state index in [9.17, 15) is 0 Å². The van der Waals surface area contributed by atoms with E-state index in [2.05, 4.69) is 53.1 Å². The lowest BCUT2D eigenvalue weighted by molar-refractivity contribution is 0.609. The minimum Gasteiger partial charge on any atom is -0.313 e. The van der Waals surface area contributed by atoms with Crippen LogP contribution in [0, 0.1) is 0 Å². The standard InChI is InChI=1S/C16H20N2/c1-2-4-15-11-13(5-6-14(15)3-1)12-17-9-10-18-16-7-8-16/h1-6,11,16-18H,7-10,12H2.